The first-order chi connectivity index (χ1) is 17.5. The van der Waals surface area contributed by atoms with Gasteiger partial charge in [0.05, 0.1) is 6.26 Å². The standard InChI is InChI=1S/C23H26N4O6S4/c1-36(30,31)24-8-15-11-35-22-20(15)37(32,33)26-21(25-22)17-19(28)16-13-2-4-14(5-3-13)18(16)27(23(17)29)9-12-6-7-34-10-12/h6-7,10-11,13-14,16,18,24,28H,2-5,8-9H2,1H3,(H,25,26)/t13?,14?,16-,18?/m1/s1. The number of amidine groups is 1. The maximum Gasteiger partial charge on any atom is 0.287 e. The summed E-state index contributed by atoms with van der Waals surface area (Å²) in [7, 11) is -7.80. The lowest BCUT2D eigenvalue weighted by molar-refractivity contribution is -0.140. The van der Waals surface area contributed by atoms with Crippen molar-refractivity contribution in [1.29, 1.82) is 0 Å². The predicted octanol–water partition coefficient (Wildman–Crippen LogP) is 3.03. The molecule has 0 spiro atoms. The van der Waals surface area contributed by atoms with Gasteiger partial charge < -0.3 is 15.3 Å². The third-order valence-electron chi connectivity index (χ3n) is 7.79. The molecule has 0 aromatic carbocycles. The molecule has 37 heavy (non-hydrogen) atoms. The first kappa shape index (κ1) is 25.0. The fraction of sp³-hybridized carbons (Fsp3) is 0.478. The van der Waals surface area contributed by atoms with Crippen molar-refractivity contribution in [2.75, 3.05) is 11.6 Å². The van der Waals surface area contributed by atoms with Gasteiger partial charge >= 0.3 is 0 Å². The van der Waals surface area contributed by atoms with Crippen LogP contribution in [0, 0.1) is 17.8 Å². The largest absolute Gasteiger partial charge is 0.511 e. The van der Waals surface area contributed by atoms with Gasteiger partial charge in [-0.2, -0.15) is 19.8 Å². The number of amides is 1. The van der Waals surface area contributed by atoms with Gasteiger partial charge in [0.25, 0.3) is 15.9 Å². The molecule has 10 nitrogen and oxygen atoms in total. The van der Waals surface area contributed by atoms with Crippen molar-refractivity contribution in [2.24, 2.45) is 22.2 Å². The van der Waals surface area contributed by atoms with Crippen LogP contribution in [-0.2, 0) is 37.9 Å². The second kappa shape index (κ2) is 8.90. The van der Waals surface area contributed by atoms with Gasteiger partial charge in [0.2, 0.25) is 10.0 Å². The molecule has 7 rings (SSSR count). The minimum absolute atomic E-state index is 0.0774. The maximum absolute atomic E-state index is 14.0. The fourth-order valence-corrected chi connectivity index (χ4v) is 9.96. The molecule has 4 heterocycles. The highest BCUT2D eigenvalue weighted by Crippen LogP contribution is 2.52. The molecule has 14 heteroatoms. The van der Waals surface area contributed by atoms with Crippen molar-refractivity contribution in [3.05, 3.63) is 44.7 Å². The van der Waals surface area contributed by atoms with Crippen LogP contribution in [0.3, 0.4) is 0 Å². The van der Waals surface area contributed by atoms with E-state index in [9.17, 15) is 26.7 Å². The normalized spacial score (nSPS) is 28.5. The highest BCUT2D eigenvalue weighted by atomic mass is 32.2. The molecule has 0 saturated heterocycles. The van der Waals surface area contributed by atoms with Crippen molar-refractivity contribution in [3.8, 4) is 0 Å². The van der Waals surface area contributed by atoms with Crippen LogP contribution in [-0.4, -0.2) is 50.9 Å². The molecular weight excluding hydrogens is 557 g/mol. The van der Waals surface area contributed by atoms with E-state index in [0.717, 1.165) is 48.8 Å². The van der Waals surface area contributed by atoms with E-state index in [1.54, 1.807) is 21.6 Å². The lowest BCUT2D eigenvalue weighted by atomic mass is 9.59. The van der Waals surface area contributed by atoms with Gasteiger partial charge in [-0.05, 0) is 65.3 Å². The van der Waals surface area contributed by atoms with Crippen LogP contribution >= 0.6 is 22.7 Å². The molecule has 5 aliphatic rings. The van der Waals surface area contributed by atoms with E-state index >= 15 is 0 Å². The number of hydrogen-bond acceptors (Lipinski definition) is 9. The molecule has 3 aliphatic carbocycles. The van der Waals surface area contributed by atoms with Gasteiger partial charge in [-0.1, -0.05) is 0 Å². The second-order valence-electron chi connectivity index (χ2n) is 10.1. The monoisotopic (exact) mass is 582 g/mol. The average Bonchev–Trinajstić information content (AvgIpc) is 3.50. The molecule has 1 amide bonds. The Kier molecular flexibility index (Phi) is 6.02. The second-order valence-corrected chi connectivity index (χ2v) is 15.1. The smallest absolute Gasteiger partial charge is 0.287 e. The summed E-state index contributed by atoms with van der Waals surface area (Å²) in [4.78, 5) is 15.6. The van der Waals surface area contributed by atoms with Crippen molar-refractivity contribution < 1.29 is 26.7 Å². The summed E-state index contributed by atoms with van der Waals surface area (Å²) in [5.41, 5.74) is 1.16. The number of aliphatic hydroxyl groups excluding tert-OH is 1. The van der Waals surface area contributed by atoms with Crippen molar-refractivity contribution in [1.82, 2.24) is 9.62 Å². The molecule has 2 bridgehead atoms. The summed E-state index contributed by atoms with van der Waals surface area (Å²) < 4.78 is 55.8. The number of fused-ring (bicyclic) bond motifs is 3. The number of carbonyl (C=O) groups is 1. The van der Waals surface area contributed by atoms with Gasteiger partial charge in [-0.3, -0.25) is 4.79 Å². The molecule has 3 N–H and O–H groups in total. The highest BCUT2D eigenvalue weighted by Gasteiger charge is 2.54. The molecular formula is C23H26N4O6S4. The van der Waals surface area contributed by atoms with E-state index < -0.39 is 26.0 Å². The highest BCUT2D eigenvalue weighted by molar-refractivity contribution is 7.91. The minimum atomic E-state index is -4.26. The van der Waals surface area contributed by atoms with Crippen LogP contribution in [0.2, 0.25) is 0 Å². The predicted molar refractivity (Wildman–Crippen MR) is 141 cm³/mol. The summed E-state index contributed by atoms with van der Waals surface area (Å²) in [5, 5.41) is 20.2. The maximum atomic E-state index is 14.0. The third-order valence-corrected chi connectivity index (χ3v) is 11.7. The Labute approximate surface area is 223 Å². The van der Waals surface area contributed by atoms with E-state index in [2.05, 4.69) is 14.4 Å². The van der Waals surface area contributed by atoms with Crippen molar-refractivity contribution in [3.63, 3.8) is 0 Å². The number of anilines is 1. The van der Waals surface area contributed by atoms with Crippen molar-refractivity contribution >= 4 is 59.5 Å². The lowest BCUT2D eigenvalue weighted by Gasteiger charge is -2.54. The Balaban J connectivity index is 1.41. The van der Waals surface area contributed by atoms with Gasteiger partial charge in [-0.25, -0.2) is 13.1 Å². The number of carbonyl (C=O) groups excluding carboxylic acids is 1. The van der Waals surface area contributed by atoms with Crippen LogP contribution in [0.4, 0.5) is 5.00 Å². The van der Waals surface area contributed by atoms with Crippen LogP contribution in [0.1, 0.15) is 36.8 Å². The molecule has 2 aromatic heterocycles. The van der Waals surface area contributed by atoms with Gasteiger partial charge in [-0.15, -0.1) is 15.7 Å². The molecule has 1 unspecified atom stereocenters. The third kappa shape index (κ3) is 4.32. The number of nitrogens with one attached hydrogen (secondary N) is 2. The lowest BCUT2D eigenvalue weighted by Crippen LogP contribution is -2.60. The number of rotatable bonds is 6. The zero-order chi connectivity index (χ0) is 26.1. The molecule has 198 valence electrons. The molecule has 2 aromatic rings. The quantitative estimate of drug-likeness (QED) is 0.475. The van der Waals surface area contributed by atoms with Crippen LogP contribution in [0.5, 0.6) is 0 Å². The first-order valence-corrected chi connectivity index (χ1v) is 17.1. The number of thiophene rings is 2. The fourth-order valence-electron chi connectivity index (χ4n) is 6.27. The topological polar surface area (TPSA) is 145 Å². The summed E-state index contributed by atoms with van der Waals surface area (Å²) in [6.45, 7) is 0.180. The van der Waals surface area contributed by atoms with E-state index in [0.29, 0.717) is 12.5 Å². The summed E-state index contributed by atoms with van der Waals surface area (Å²) in [6, 6.07) is 1.84. The number of hydrogen-bond donors (Lipinski definition) is 3. The Morgan fingerprint density at radius 2 is 1.95 bits per heavy atom. The number of sulfonamides is 2. The Morgan fingerprint density at radius 3 is 2.62 bits per heavy atom. The zero-order valence-corrected chi connectivity index (χ0v) is 23.1. The van der Waals surface area contributed by atoms with Crippen LogP contribution in [0.15, 0.2) is 42.8 Å². The SMILES string of the molecule is CS(=O)(=O)NCc1csc2c1S(=O)(=O)N=C(C1=C(O)[C@@H]3C4CCC(CC4)C3N(Cc3ccsc3)C1=O)N2. The van der Waals surface area contributed by atoms with Gasteiger partial charge in [0, 0.05) is 30.6 Å². The zero-order valence-electron chi connectivity index (χ0n) is 19.9. The van der Waals surface area contributed by atoms with Gasteiger partial charge in [0.15, 0.2) is 5.84 Å². The summed E-state index contributed by atoms with van der Waals surface area (Å²) >= 11 is 2.63. The van der Waals surface area contributed by atoms with E-state index in [1.807, 2.05) is 16.8 Å². The number of nitrogens with zero attached hydrogens (tertiary/aromatic N) is 2. The summed E-state index contributed by atoms with van der Waals surface area (Å²) in [5.74, 6) is -0.445. The molecule has 2 aliphatic heterocycles. The molecule has 2 atom stereocenters. The molecule has 3 fully saturated rings. The Hall–Kier alpha value is -2.26. The van der Waals surface area contributed by atoms with E-state index in [4.69, 9.17) is 0 Å². The Bertz CT molecular complexity index is 1530. The van der Waals surface area contributed by atoms with Crippen LogP contribution < -0.4 is 10.0 Å². The Morgan fingerprint density at radius 1 is 1.22 bits per heavy atom. The van der Waals surface area contributed by atoms with Crippen molar-refractivity contribution in [2.45, 2.75) is 49.7 Å². The number of aliphatic hydroxyl groups is 1. The minimum Gasteiger partial charge on any atom is -0.511 e. The van der Waals surface area contributed by atoms with Gasteiger partial charge in [0.1, 0.15) is 21.2 Å². The van der Waals surface area contributed by atoms with E-state index in [1.165, 1.54) is 0 Å². The first-order valence-electron chi connectivity index (χ1n) is 12.0. The van der Waals surface area contributed by atoms with E-state index in [-0.39, 0.29) is 57.1 Å². The molecule has 3 saturated carbocycles. The average molecular weight is 583 g/mol. The summed E-state index contributed by atoms with van der Waals surface area (Å²) in [6.07, 6.45) is 4.95. The molecule has 0 radical (unpaired) electrons. The van der Waals surface area contributed by atoms with Crippen LogP contribution in [0.25, 0.3) is 0 Å².